The molecule has 0 aliphatic carbocycles. The van der Waals surface area contributed by atoms with Crippen LogP contribution in [0.2, 0.25) is 0 Å². The van der Waals surface area contributed by atoms with Crippen LogP contribution in [0, 0.1) is 0 Å². The Morgan fingerprint density at radius 2 is 2.04 bits per heavy atom. The van der Waals surface area contributed by atoms with Gasteiger partial charge in [0.2, 0.25) is 5.88 Å². The minimum Gasteiger partial charge on any atom is -0.503 e. The van der Waals surface area contributed by atoms with Crippen LogP contribution < -0.4 is 10.1 Å². The molecular weight excluding hydrogens is 322 g/mol. The van der Waals surface area contributed by atoms with Gasteiger partial charge in [-0.05, 0) is 23.8 Å². The lowest BCUT2D eigenvalue weighted by molar-refractivity contribution is -0.126. The molecule has 1 aromatic heterocycles. The van der Waals surface area contributed by atoms with E-state index < -0.39 is 17.6 Å². The average Bonchev–Trinajstić information content (AvgIpc) is 2.89. The van der Waals surface area contributed by atoms with Crippen LogP contribution >= 0.6 is 0 Å². The Hall–Kier alpha value is -3.35. The van der Waals surface area contributed by atoms with Crippen molar-refractivity contribution in [3.8, 4) is 11.6 Å². The van der Waals surface area contributed by atoms with Crippen LogP contribution in [0.3, 0.4) is 0 Å². The molecule has 2 heterocycles. The highest BCUT2D eigenvalue weighted by atomic mass is 16.5. The molecule has 1 aliphatic heterocycles. The Balaban J connectivity index is 1.57. The zero-order chi connectivity index (χ0) is 17.8. The van der Waals surface area contributed by atoms with Crippen molar-refractivity contribution >= 4 is 11.8 Å². The second kappa shape index (κ2) is 7.04. The van der Waals surface area contributed by atoms with Gasteiger partial charge in [-0.2, -0.15) is 0 Å². The van der Waals surface area contributed by atoms with Crippen LogP contribution in [0.25, 0.3) is 0 Å². The number of likely N-dealkylation sites (N-methyl/N-ethyl adjacent to an activating group) is 1. The van der Waals surface area contributed by atoms with Crippen molar-refractivity contribution in [2.45, 2.75) is 6.54 Å². The largest absolute Gasteiger partial charge is 0.503 e. The Bertz CT molecular complexity index is 816. The lowest BCUT2D eigenvalue weighted by Gasteiger charge is -2.09. The molecular formula is C18H17N3O4. The van der Waals surface area contributed by atoms with E-state index in [2.05, 4.69) is 10.3 Å². The third-order valence-electron chi connectivity index (χ3n) is 3.74. The number of aliphatic hydroxyl groups is 1. The van der Waals surface area contributed by atoms with Gasteiger partial charge in [0.05, 0.1) is 12.1 Å². The van der Waals surface area contributed by atoms with Gasteiger partial charge in [0.25, 0.3) is 11.8 Å². The van der Waals surface area contributed by atoms with Crippen molar-refractivity contribution < 1.29 is 19.4 Å². The summed E-state index contributed by atoms with van der Waals surface area (Å²) in [7, 11) is 1.53. The van der Waals surface area contributed by atoms with Crippen molar-refractivity contribution in [2.24, 2.45) is 0 Å². The number of nitrogens with zero attached hydrogens (tertiary/aromatic N) is 2. The van der Waals surface area contributed by atoms with Crippen LogP contribution in [-0.2, 0) is 16.1 Å². The molecule has 7 nitrogen and oxygen atoms in total. The molecule has 0 saturated carbocycles. The molecule has 2 aromatic rings. The van der Waals surface area contributed by atoms with E-state index >= 15 is 0 Å². The summed E-state index contributed by atoms with van der Waals surface area (Å²) < 4.78 is 5.60. The number of amides is 2. The summed E-state index contributed by atoms with van der Waals surface area (Å²) in [5.41, 5.74) is 0.946. The van der Waals surface area contributed by atoms with Crippen LogP contribution in [0.5, 0.6) is 11.6 Å². The third kappa shape index (κ3) is 3.77. The molecule has 25 heavy (non-hydrogen) atoms. The fourth-order valence-electron chi connectivity index (χ4n) is 2.37. The standard InChI is InChI=1S/C18H17N3O4/c1-21-11-14(16(22)18(21)24)17(23)20-10-12-5-7-13(8-6-12)25-15-4-2-3-9-19-15/h2-9,22H,10-11H2,1H3,(H,20,23). The van der Waals surface area contributed by atoms with Crippen LogP contribution in [-0.4, -0.2) is 40.4 Å². The summed E-state index contributed by atoms with van der Waals surface area (Å²) >= 11 is 0. The van der Waals surface area contributed by atoms with Crippen LogP contribution in [0.4, 0.5) is 0 Å². The number of nitrogens with one attached hydrogen (secondary N) is 1. The molecule has 2 amide bonds. The Morgan fingerprint density at radius 1 is 1.28 bits per heavy atom. The predicted octanol–water partition coefficient (Wildman–Crippen LogP) is 1.77. The highest BCUT2D eigenvalue weighted by molar-refractivity contribution is 6.06. The molecule has 128 valence electrons. The van der Waals surface area contributed by atoms with E-state index in [0.717, 1.165) is 5.56 Å². The van der Waals surface area contributed by atoms with Crippen molar-refractivity contribution in [1.29, 1.82) is 0 Å². The van der Waals surface area contributed by atoms with Crippen LogP contribution in [0.15, 0.2) is 60.0 Å². The lowest BCUT2D eigenvalue weighted by Crippen LogP contribution is -2.27. The fraction of sp³-hybridized carbons (Fsp3) is 0.167. The molecule has 0 saturated heterocycles. The van der Waals surface area contributed by atoms with Gasteiger partial charge >= 0.3 is 0 Å². The lowest BCUT2D eigenvalue weighted by atomic mass is 10.2. The molecule has 7 heteroatoms. The van der Waals surface area contributed by atoms with Gasteiger partial charge in [-0.25, -0.2) is 4.98 Å². The quantitative estimate of drug-likeness (QED) is 0.866. The molecule has 0 atom stereocenters. The van der Waals surface area contributed by atoms with Gasteiger partial charge < -0.3 is 20.1 Å². The first-order chi connectivity index (χ1) is 12.0. The molecule has 2 N–H and O–H groups in total. The number of hydrogen-bond donors (Lipinski definition) is 2. The summed E-state index contributed by atoms with van der Waals surface area (Å²) in [4.78, 5) is 29.0. The van der Waals surface area contributed by atoms with Gasteiger partial charge in [-0.3, -0.25) is 9.59 Å². The summed E-state index contributed by atoms with van der Waals surface area (Å²) in [5, 5.41) is 12.4. The van der Waals surface area contributed by atoms with Crippen molar-refractivity contribution in [1.82, 2.24) is 15.2 Å². The van der Waals surface area contributed by atoms with E-state index in [1.165, 1.54) is 11.9 Å². The summed E-state index contributed by atoms with van der Waals surface area (Å²) in [6.07, 6.45) is 1.65. The van der Waals surface area contributed by atoms with Crippen molar-refractivity contribution in [2.75, 3.05) is 13.6 Å². The minimum atomic E-state index is -0.541. The number of pyridine rings is 1. The summed E-state index contributed by atoms with van der Waals surface area (Å²) in [6.45, 7) is 0.380. The van der Waals surface area contributed by atoms with Crippen molar-refractivity contribution in [3.63, 3.8) is 0 Å². The van der Waals surface area contributed by atoms with Gasteiger partial charge in [0, 0.05) is 25.9 Å². The van der Waals surface area contributed by atoms with Gasteiger partial charge in [-0.1, -0.05) is 18.2 Å². The Morgan fingerprint density at radius 3 is 2.64 bits per heavy atom. The molecule has 1 aliphatic rings. The van der Waals surface area contributed by atoms with E-state index in [0.29, 0.717) is 11.6 Å². The highest BCUT2D eigenvalue weighted by Gasteiger charge is 2.31. The molecule has 1 aromatic carbocycles. The minimum absolute atomic E-state index is 0.0857. The number of rotatable bonds is 5. The number of benzene rings is 1. The highest BCUT2D eigenvalue weighted by Crippen LogP contribution is 2.19. The molecule has 0 radical (unpaired) electrons. The predicted molar refractivity (Wildman–Crippen MR) is 89.9 cm³/mol. The molecule has 3 rings (SSSR count). The van der Waals surface area contributed by atoms with E-state index in [1.807, 2.05) is 24.3 Å². The van der Waals surface area contributed by atoms with E-state index in [9.17, 15) is 14.7 Å². The van der Waals surface area contributed by atoms with E-state index in [4.69, 9.17) is 4.74 Å². The maximum Gasteiger partial charge on any atom is 0.289 e. The first kappa shape index (κ1) is 16.5. The maximum atomic E-state index is 12.1. The SMILES string of the molecule is CN1CC(C(=O)NCc2ccc(Oc3ccccn3)cc2)=C(O)C1=O. The van der Waals surface area contributed by atoms with Gasteiger partial charge in [0.1, 0.15) is 5.75 Å². The monoisotopic (exact) mass is 339 g/mol. The number of carbonyl (C=O) groups is 2. The third-order valence-corrected chi connectivity index (χ3v) is 3.74. The normalized spacial score (nSPS) is 14.0. The smallest absolute Gasteiger partial charge is 0.289 e. The molecule has 0 bridgehead atoms. The Labute approximate surface area is 144 Å². The van der Waals surface area contributed by atoms with E-state index in [1.54, 1.807) is 24.4 Å². The number of aliphatic hydroxyl groups excluding tert-OH is 1. The molecule has 0 fully saturated rings. The Kier molecular flexibility index (Phi) is 4.65. The van der Waals surface area contributed by atoms with Crippen molar-refractivity contribution in [3.05, 3.63) is 65.6 Å². The second-order valence-corrected chi connectivity index (χ2v) is 5.59. The zero-order valence-electron chi connectivity index (χ0n) is 13.6. The molecule has 0 unspecified atom stereocenters. The maximum absolute atomic E-state index is 12.1. The first-order valence-electron chi connectivity index (χ1n) is 7.68. The van der Waals surface area contributed by atoms with Gasteiger partial charge in [0.15, 0.2) is 5.76 Å². The van der Waals surface area contributed by atoms with E-state index in [-0.39, 0.29) is 18.7 Å². The summed E-state index contributed by atoms with van der Waals surface area (Å²) in [5.74, 6) is -0.345. The van der Waals surface area contributed by atoms with Crippen LogP contribution in [0.1, 0.15) is 5.56 Å². The fourth-order valence-corrected chi connectivity index (χ4v) is 2.37. The first-order valence-corrected chi connectivity index (χ1v) is 7.68. The zero-order valence-corrected chi connectivity index (χ0v) is 13.6. The number of hydrogen-bond acceptors (Lipinski definition) is 5. The number of carbonyl (C=O) groups excluding carboxylic acids is 2. The van der Waals surface area contributed by atoms with Gasteiger partial charge in [-0.15, -0.1) is 0 Å². The number of aromatic nitrogens is 1. The topological polar surface area (TPSA) is 91.8 Å². The average molecular weight is 339 g/mol. The molecule has 0 spiro atoms. The number of ether oxygens (including phenoxy) is 1. The summed E-state index contributed by atoms with van der Waals surface area (Å²) in [6, 6.07) is 12.6. The second-order valence-electron chi connectivity index (χ2n) is 5.59.